The number of furan rings is 1. The zero-order valence-corrected chi connectivity index (χ0v) is 14.8. The zero-order chi connectivity index (χ0) is 19.1. The molecule has 26 heavy (non-hydrogen) atoms. The summed E-state index contributed by atoms with van der Waals surface area (Å²) in [6.45, 7) is 3.89. The van der Waals surface area contributed by atoms with E-state index in [-0.39, 0.29) is 12.1 Å². The van der Waals surface area contributed by atoms with Crippen molar-refractivity contribution in [2.24, 2.45) is 0 Å². The molecule has 0 aliphatic carbocycles. The number of nitrogens with one attached hydrogen (secondary N) is 1. The second-order valence-electron chi connectivity index (χ2n) is 6.06. The largest absolute Gasteiger partial charge is 0.464 e. The average molecular weight is 382 g/mol. The van der Waals surface area contributed by atoms with Crippen LogP contribution in [0.4, 0.5) is 18.9 Å². The maximum atomic E-state index is 12.9. The van der Waals surface area contributed by atoms with Crippen molar-refractivity contribution in [3.05, 3.63) is 63.9 Å². The second kappa shape index (κ2) is 6.68. The Balaban J connectivity index is 1.81. The topological polar surface area (TPSA) is 42.2 Å². The number of anilines is 1. The van der Waals surface area contributed by atoms with Crippen LogP contribution in [0.5, 0.6) is 0 Å². The fraction of sp³-hybridized carbons (Fsp3) is 0.211. The van der Waals surface area contributed by atoms with E-state index in [1.807, 2.05) is 26.0 Å². The lowest BCUT2D eigenvalue weighted by Gasteiger charge is -2.11. The molecule has 1 heterocycles. The molecule has 1 N–H and O–H groups in total. The van der Waals surface area contributed by atoms with E-state index in [4.69, 9.17) is 16.0 Å². The Morgan fingerprint density at radius 3 is 2.62 bits per heavy atom. The highest BCUT2D eigenvalue weighted by atomic mass is 35.5. The molecule has 3 nitrogen and oxygen atoms in total. The van der Waals surface area contributed by atoms with E-state index in [0.717, 1.165) is 28.6 Å². The minimum Gasteiger partial charge on any atom is -0.464 e. The number of hydrogen-bond donors (Lipinski definition) is 1. The van der Waals surface area contributed by atoms with E-state index in [9.17, 15) is 18.0 Å². The lowest BCUT2D eigenvalue weighted by molar-refractivity contribution is -0.137. The van der Waals surface area contributed by atoms with Gasteiger partial charge in [0.2, 0.25) is 5.91 Å². The summed E-state index contributed by atoms with van der Waals surface area (Å²) >= 11 is 5.58. The molecule has 1 amide bonds. The van der Waals surface area contributed by atoms with Crippen molar-refractivity contribution in [1.29, 1.82) is 0 Å². The van der Waals surface area contributed by atoms with Gasteiger partial charge in [0.05, 0.1) is 23.3 Å². The van der Waals surface area contributed by atoms with Gasteiger partial charge in [-0.05, 0) is 43.2 Å². The lowest BCUT2D eigenvalue weighted by atomic mass is 10.0. The Bertz CT molecular complexity index is 992. The molecule has 136 valence electrons. The van der Waals surface area contributed by atoms with Crippen LogP contribution in [0, 0.1) is 13.8 Å². The molecular weight excluding hydrogens is 367 g/mol. The second-order valence-corrected chi connectivity index (χ2v) is 6.47. The van der Waals surface area contributed by atoms with E-state index in [0.29, 0.717) is 11.1 Å². The Hall–Kier alpha value is -2.47. The highest BCUT2D eigenvalue weighted by Gasteiger charge is 2.33. The first-order chi connectivity index (χ1) is 12.2. The van der Waals surface area contributed by atoms with Crippen LogP contribution in [0.15, 0.2) is 41.0 Å². The third kappa shape index (κ3) is 3.55. The van der Waals surface area contributed by atoms with Crippen LogP contribution in [-0.4, -0.2) is 5.91 Å². The molecule has 0 fully saturated rings. The number of carbonyl (C=O) groups is 1. The molecule has 0 atom stereocenters. The average Bonchev–Trinajstić information content (AvgIpc) is 2.95. The Morgan fingerprint density at radius 1 is 1.19 bits per heavy atom. The third-order valence-electron chi connectivity index (χ3n) is 4.25. The van der Waals surface area contributed by atoms with Crippen LogP contribution in [0.3, 0.4) is 0 Å². The van der Waals surface area contributed by atoms with Gasteiger partial charge in [0.25, 0.3) is 0 Å². The van der Waals surface area contributed by atoms with Crippen molar-refractivity contribution in [2.75, 3.05) is 5.32 Å². The Labute approximate surface area is 152 Å². The van der Waals surface area contributed by atoms with E-state index < -0.39 is 22.7 Å². The maximum Gasteiger partial charge on any atom is 0.417 e. The van der Waals surface area contributed by atoms with Gasteiger partial charge in [-0.25, -0.2) is 0 Å². The predicted octanol–water partition coefficient (Wildman–Crippen LogP) is 5.90. The first-order valence-electron chi connectivity index (χ1n) is 7.79. The normalized spacial score (nSPS) is 11.8. The maximum absolute atomic E-state index is 12.9. The highest BCUT2D eigenvalue weighted by Crippen LogP contribution is 2.36. The van der Waals surface area contributed by atoms with Crippen LogP contribution in [0.2, 0.25) is 5.02 Å². The van der Waals surface area contributed by atoms with Gasteiger partial charge in [-0.2, -0.15) is 13.2 Å². The lowest BCUT2D eigenvalue weighted by Crippen LogP contribution is -2.15. The zero-order valence-electron chi connectivity index (χ0n) is 14.0. The van der Waals surface area contributed by atoms with Gasteiger partial charge in [0.15, 0.2) is 0 Å². The highest BCUT2D eigenvalue weighted by molar-refractivity contribution is 6.31. The number of alkyl halides is 3. The van der Waals surface area contributed by atoms with Crippen molar-refractivity contribution in [3.63, 3.8) is 0 Å². The fourth-order valence-electron chi connectivity index (χ4n) is 2.72. The van der Waals surface area contributed by atoms with Crippen molar-refractivity contribution >= 4 is 34.2 Å². The summed E-state index contributed by atoms with van der Waals surface area (Å²) in [6, 6.07) is 7.06. The van der Waals surface area contributed by atoms with Gasteiger partial charge in [0.1, 0.15) is 5.58 Å². The summed E-state index contributed by atoms with van der Waals surface area (Å²) < 4.78 is 44.3. The monoisotopic (exact) mass is 381 g/mol. The summed E-state index contributed by atoms with van der Waals surface area (Å²) in [5.41, 5.74) is 2.48. The van der Waals surface area contributed by atoms with Gasteiger partial charge in [-0.3, -0.25) is 4.79 Å². The van der Waals surface area contributed by atoms with Gasteiger partial charge >= 0.3 is 6.18 Å². The molecule has 0 radical (unpaired) electrons. The SMILES string of the molecule is Cc1ccc2c(CC(=O)Nc3ccc(Cl)c(C(F)(F)F)c3)coc2c1C. The first kappa shape index (κ1) is 18.3. The van der Waals surface area contributed by atoms with Crippen LogP contribution in [0.1, 0.15) is 22.3 Å². The van der Waals surface area contributed by atoms with Gasteiger partial charge in [0, 0.05) is 16.6 Å². The molecule has 0 spiro atoms. The van der Waals surface area contributed by atoms with E-state index in [2.05, 4.69) is 5.32 Å². The van der Waals surface area contributed by atoms with E-state index in [1.54, 1.807) is 0 Å². The molecule has 0 saturated carbocycles. The van der Waals surface area contributed by atoms with Crippen LogP contribution in [0.25, 0.3) is 11.0 Å². The summed E-state index contributed by atoms with van der Waals surface area (Å²) in [5.74, 6) is -0.443. The van der Waals surface area contributed by atoms with E-state index in [1.165, 1.54) is 12.3 Å². The molecule has 7 heteroatoms. The quantitative estimate of drug-likeness (QED) is 0.613. The Kier molecular flexibility index (Phi) is 4.71. The van der Waals surface area contributed by atoms with Crippen molar-refractivity contribution in [1.82, 2.24) is 0 Å². The first-order valence-corrected chi connectivity index (χ1v) is 8.17. The molecule has 3 aromatic rings. The molecule has 1 aromatic heterocycles. The van der Waals surface area contributed by atoms with Crippen LogP contribution in [-0.2, 0) is 17.4 Å². The Morgan fingerprint density at radius 2 is 1.92 bits per heavy atom. The summed E-state index contributed by atoms with van der Waals surface area (Å²) in [7, 11) is 0. The molecule has 0 unspecified atom stereocenters. The number of benzene rings is 2. The van der Waals surface area contributed by atoms with Crippen molar-refractivity contribution in [2.45, 2.75) is 26.4 Å². The number of rotatable bonds is 3. The van der Waals surface area contributed by atoms with Gasteiger partial charge in [-0.15, -0.1) is 0 Å². The number of carbonyl (C=O) groups excluding carboxylic acids is 1. The van der Waals surface area contributed by atoms with Gasteiger partial charge in [-0.1, -0.05) is 23.7 Å². The number of aryl methyl sites for hydroxylation is 2. The molecule has 0 saturated heterocycles. The van der Waals surface area contributed by atoms with Crippen LogP contribution >= 0.6 is 11.6 Å². The standard InChI is InChI=1S/C19H15ClF3NO2/c1-10-3-5-14-12(9-26-18(14)11(10)2)7-17(25)24-13-4-6-16(20)15(8-13)19(21,22)23/h3-6,8-9H,7H2,1-2H3,(H,24,25). The van der Waals surface area contributed by atoms with Crippen LogP contribution < -0.4 is 5.32 Å². The number of fused-ring (bicyclic) bond motifs is 1. The van der Waals surface area contributed by atoms with Gasteiger partial charge < -0.3 is 9.73 Å². The summed E-state index contributed by atoms with van der Waals surface area (Å²) in [5, 5.41) is 2.87. The summed E-state index contributed by atoms with van der Waals surface area (Å²) in [6.07, 6.45) is -3.10. The molecular formula is C19H15ClF3NO2. The smallest absolute Gasteiger partial charge is 0.417 e. The van der Waals surface area contributed by atoms with Crippen molar-refractivity contribution in [3.8, 4) is 0 Å². The fourth-order valence-corrected chi connectivity index (χ4v) is 2.95. The molecule has 0 bridgehead atoms. The molecule has 2 aromatic carbocycles. The van der Waals surface area contributed by atoms with Crippen molar-refractivity contribution < 1.29 is 22.4 Å². The van der Waals surface area contributed by atoms with E-state index >= 15 is 0 Å². The minimum absolute atomic E-state index is 0.0144. The molecule has 0 aliphatic rings. The predicted molar refractivity (Wildman–Crippen MR) is 94.5 cm³/mol. The number of hydrogen-bond acceptors (Lipinski definition) is 2. The minimum atomic E-state index is -4.59. The number of amides is 1. The molecule has 0 aliphatic heterocycles. The number of halogens is 4. The third-order valence-corrected chi connectivity index (χ3v) is 4.58. The molecule has 3 rings (SSSR count). The summed E-state index contributed by atoms with van der Waals surface area (Å²) in [4.78, 5) is 12.3.